The van der Waals surface area contributed by atoms with E-state index < -0.39 is 11.9 Å². The van der Waals surface area contributed by atoms with Crippen LogP contribution in [-0.4, -0.2) is 158 Å². The highest BCUT2D eigenvalue weighted by molar-refractivity contribution is 5.96. The number of anilines is 3. The topological polar surface area (TPSA) is 377 Å². The maximum Gasteiger partial charge on any atom is 0.372 e. The monoisotopic (exact) mass is 1240 g/mol. The summed E-state index contributed by atoms with van der Waals surface area (Å²) in [5.41, 5.74) is 10.8. The van der Waals surface area contributed by atoms with Crippen LogP contribution in [0.2, 0.25) is 0 Å². The number of nitrogen functional groups attached to an aromatic ring is 1. The normalized spacial score (nSPS) is 15.3. The van der Waals surface area contributed by atoms with E-state index in [1.54, 1.807) is 25.0 Å². The van der Waals surface area contributed by atoms with Gasteiger partial charge in [-0.15, -0.1) is 10.2 Å². The van der Waals surface area contributed by atoms with Crippen molar-refractivity contribution in [2.24, 2.45) is 34.0 Å². The van der Waals surface area contributed by atoms with Gasteiger partial charge in [0.1, 0.15) is 24.8 Å². The minimum absolute atomic E-state index is 0.0487. The number of nitrogens with one attached hydrogen (secondary N) is 4. The summed E-state index contributed by atoms with van der Waals surface area (Å²) in [6.07, 6.45) is 9.29. The lowest BCUT2D eigenvalue weighted by atomic mass is 10.0. The van der Waals surface area contributed by atoms with Gasteiger partial charge in [-0.25, -0.2) is 69.9 Å². The van der Waals surface area contributed by atoms with E-state index in [-0.39, 0.29) is 46.8 Å². The molecule has 3 fully saturated rings. The number of aromatic nitrogens is 21. The van der Waals surface area contributed by atoms with Crippen molar-refractivity contribution in [3.63, 3.8) is 0 Å². The molecule has 1 amide bonds. The first-order chi connectivity index (χ1) is 44.6. The molecule has 0 atom stereocenters. The predicted octanol–water partition coefficient (Wildman–Crippen LogP) is 3.95. The maximum absolute atomic E-state index is 12.6. The van der Waals surface area contributed by atoms with Gasteiger partial charge in [0.25, 0.3) is 0 Å². The average molecular weight is 1250 g/mol. The predicted molar refractivity (Wildman–Crippen MR) is 341 cm³/mol. The number of para-hydroxylation sites is 6. The van der Waals surface area contributed by atoms with Crippen LogP contribution in [0.5, 0.6) is 0 Å². The van der Waals surface area contributed by atoms with Crippen LogP contribution in [0, 0.1) is 6.92 Å². The first-order valence-corrected chi connectivity index (χ1v) is 30.1. The van der Waals surface area contributed by atoms with Crippen LogP contribution in [0.1, 0.15) is 83.7 Å². The van der Waals surface area contributed by atoms with Crippen molar-refractivity contribution in [1.82, 2.24) is 107 Å². The molecule has 92 heavy (non-hydrogen) atoms. The van der Waals surface area contributed by atoms with Crippen LogP contribution in [0.4, 0.5) is 17.5 Å². The second-order valence-corrected chi connectivity index (χ2v) is 23.1. The molecule has 0 radical (unpaired) electrons. The Kier molecular flexibility index (Phi) is 14.9. The summed E-state index contributed by atoms with van der Waals surface area (Å²) in [5, 5.41) is 17.8. The molecule has 0 aliphatic carbocycles. The molecule has 13 aromatic rings. The summed E-state index contributed by atoms with van der Waals surface area (Å²) >= 11 is 0. The van der Waals surface area contributed by atoms with E-state index in [1.165, 1.54) is 17.2 Å². The third kappa shape index (κ3) is 10.1. The minimum atomic E-state index is -1.10. The molecule has 0 unspecified atom stereocenters. The molecular weight excluding hydrogens is 1180 g/mol. The van der Waals surface area contributed by atoms with E-state index >= 15 is 0 Å². The molecular formula is C60H64N26O6. The number of carbonyl (C=O) groups excluding carboxylic acids is 1. The number of hydrogen-bond acceptors (Lipinski definition) is 20. The number of aromatic carboxylic acids is 1. The summed E-state index contributed by atoms with van der Waals surface area (Å²) in [5.74, 6) is 8.10. The molecule has 3 saturated heterocycles. The molecule has 3 aromatic carbocycles. The van der Waals surface area contributed by atoms with Crippen LogP contribution >= 0.6 is 0 Å². The fraction of sp³-hybridized carbons (Fsp3) is 0.333. The minimum Gasteiger partial charge on any atom is -0.475 e. The number of rotatable bonds is 9. The Morgan fingerprint density at radius 2 is 0.837 bits per heavy atom. The van der Waals surface area contributed by atoms with E-state index in [1.807, 2.05) is 117 Å². The average Bonchev–Trinajstić information content (AvgIpc) is 1.75. The van der Waals surface area contributed by atoms with Gasteiger partial charge in [-0.3, -0.25) is 23.9 Å². The Morgan fingerprint density at radius 1 is 0.478 bits per heavy atom. The van der Waals surface area contributed by atoms with Gasteiger partial charge in [0.05, 0.1) is 33.1 Å². The van der Waals surface area contributed by atoms with Gasteiger partial charge in [0.15, 0.2) is 62.6 Å². The van der Waals surface area contributed by atoms with Crippen LogP contribution in [-0.2, 0) is 28.2 Å². The number of aryl methyl sites for hydroxylation is 4. The quantitative estimate of drug-likeness (QED) is 0.0677. The number of hydrogen-bond donors (Lipinski definition) is 6. The van der Waals surface area contributed by atoms with Crippen LogP contribution in [0.25, 0.3) is 78.2 Å². The number of piperidine rings is 3. The standard InChI is InChI=1S/C22H24N10O.C19H21N9O2.C19H19N7O3/c1-13-27-28-21(29(13)2)20-26-17-18(30(20)3)23-12-24-19(17)31-10-8-14(9-11-31)32-16-7-5-4-6-15(16)25-22(32)33;1-26-15-14(24-17(26)18(29)25-20)16(22-10-21-15)27-8-6-11(7-9-27)28-13-5-3-2-4-12(13)23-19(28)30;1-24-15-14(23-17(24)18(27)28)16(21-10-20-15)25-8-6-11(7-9-25)26-13-5-3-2-4-12(13)22-19(26)29/h4-7,12,14H,8-11H2,1-3H3,(H,25,33);2-5,10-11H,6-9,20H2,1H3,(H,23,30)(H,25,29);2-5,10-11H,6-9H2,1H3,(H,22,29)(H,27,28). The van der Waals surface area contributed by atoms with Gasteiger partial charge >= 0.3 is 28.9 Å². The number of amides is 1. The second kappa shape index (κ2) is 23.5. The largest absolute Gasteiger partial charge is 0.475 e. The van der Waals surface area contributed by atoms with E-state index in [2.05, 4.69) is 85.1 Å². The first kappa shape index (κ1) is 58.3. The third-order valence-electron chi connectivity index (χ3n) is 18.0. The Bertz CT molecular complexity index is 5170. The number of nitrogens with zero attached hydrogens (tertiary/aromatic N) is 21. The highest BCUT2D eigenvalue weighted by Gasteiger charge is 2.31. The maximum atomic E-state index is 12.6. The zero-order valence-electron chi connectivity index (χ0n) is 50.8. The van der Waals surface area contributed by atoms with Crippen molar-refractivity contribution in [1.29, 1.82) is 0 Å². The molecule has 0 bridgehead atoms. The molecule has 13 heterocycles. The number of benzene rings is 3. The molecule has 3 aliphatic rings. The fourth-order valence-electron chi connectivity index (χ4n) is 13.2. The van der Waals surface area contributed by atoms with E-state index in [0.29, 0.717) is 71.8 Å². The number of carbonyl (C=O) groups is 2. The number of hydrazine groups is 1. The van der Waals surface area contributed by atoms with Gasteiger partial charge in [0, 0.05) is 85.6 Å². The second-order valence-electron chi connectivity index (χ2n) is 23.1. The molecule has 0 saturated carbocycles. The van der Waals surface area contributed by atoms with E-state index in [9.17, 15) is 29.1 Å². The molecule has 32 nitrogen and oxygen atoms in total. The highest BCUT2D eigenvalue weighted by atomic mass is 16.4. The molecule has 10 aromatic heterocycles. The molecule has 16 rings (SSSR count). The van der Waals surface area contributed by atoms with Gasteiger partial charge in [0.2, 0.25) is 11.6 Å². The summed E-state index contributed by atoms with van der Waals surface area (Å²) in [4.78, 5) is 116. The number of carboxylic acids is 1. The van der Waals surface area contributed by atoms with E-state index in [0.717, 1.165) is 108 Å². The van der Waals surface area contributed by atoms with Crippen LogP contribution in [0.15, 0.2) is 106 Å². The van der Waals surface area contributed by atoms with Crippen molar-refractivity contribution in [2.45, 2.75) is 63.6 Å². The zero-order valence-corrected chi connectivity index (χ0v) is 50.8. The van der Waals surface area contributed by atoms with Gasteiger partial charge in [-0.05, 0) is 81.8 Å². The number of aromatic amines is 3. The Morgan fingerprint density at radius 3 is 1.21 bits per heavy atom. The number of carboxylic acid groups (broad SMARTS) is 1. The lowest BCUT2D eigenvalue weighted by Gasteiger charge is -2.33. The first-order valence-electron chi connectivity index (χ1n) is 30.1. The Labute approximate surface area is 520 Å². The molecule has 470 valence electrons. The number of imidazole rings is 6. The highest BCUT2D eigenvalue weighted by Crippen LogP contribution is 2.35. The van der Waals surface area contributed by atoms with Crippen molar-refractivity contribution in [3.8, 4) is 11.6 Å². The van der Waals surface area contributed by atoms with Crippen LogP contribution < -0.4 is 43.0 Å². The smallest absolute Gasteiger partial charge is 0.372 e. The van der Waals surface area contributed by atoms with Gasteiger partial charge in [-0.1, -0.05) is 36.4 Å². The summed E-state index contributed by atoms with van der Waals surface area (Å²) < 4.78 is 12.5. The van der Waals surface area contributed by atoms with Crippen molar-refractivity contribution >= 4 is 95.9 Å². The summed E-state index contributed by atoms with van der Waals surface area (Å²) in [6, 6.07) is 23.6. The number of H-pyrrole nitrogens is 3. The summed E-state index contributed by atoms with van der Waals surface area (Å²) in [6.45, 7) is 6.24. The van der Waals surface area contributed by atoms with Gasteiger partial charge < -0.3 is 53.0 Å². The van der Waals surface area contributed by atoms with Crippen molar-refractivity contribution in [3.05, 3.63) is 141 Å². The van der Waals surface area contributed by atoms with Crippen molar-refractivity contribution < 1.29 is 14.7 Å². The third-order valence-corrected chi connectivity index (χ3v) is 18.0. The van der Waals surface area contributed by atoms with Crippen molar-refractivity contribution in [2.75, 3.05) is 54.0 Å². The summed E-state index contributed by atoms with van der Waals surface area (Å²) in [7, 11) is 7.20. The number of nitrogens with two attached hydrogens (primary N) is 1. The van der Waals surface area contributed by atoms with Gasteiger partial charge in [-0.2, -0.15) is 0 Å². The molecule has 32 heteroatoms. The Balaban J connectivity index is 0.000000120. The Hall–Kier alpha value is -11.4. The lowest BCUT2D eigenvalue weighted by Crippen LogP contribution is -2.37. The lowest BCUT2D eigenvalue weighted by molar-refractivity contribution is 0.0680. The number of fused-ring (bicyclic) bond motifs is 6. The fourth-order valence-corrected chi connectivity index (χ4v) is 13.2. The van der Waals surface area contributed by atoms with E-state index in [4.69, 9.17) is 10.8 Å². The molecule has 3 aliphatic heterocycles. The SMILES string of the molecule is Cc1nnc(-c2nc3c(N4CCC(n5c(=O)[nH]c6ccccc65)CC4)ncnc3n2C)n1C.Cn1c(C(=O)NN)nc2c(N3CCC(n4c(=O)[nH]c5ccccc54)CC3)ncnc21.Cn1c(C(=O)O)nc2c(N3CCC(n4c(=O)[nH]c5ccccc54)CC3)ncnc21. The molecule has 0 spiro atoms. The van der Waals surface area contributed by atoms with Crippen LogP contribution in [0.3, 0.4) is 0 Å². The molecule has 7 N–H and O–H groups in total. The zero-order chi connectivity index (χ0) is 63.6.